The summed E-state index contributed by atoms with van der Waals surface area (Å²) in [5.74, 6) is -0.206. The van der Waals surface area contributed by atoms with Gasteiger partial charge in [0.2, 0.25) is 5.91 Å². The van der Waals surface area contributed by atoms with Crippen molar-refractivity contribution in [2.45, 2.75) is 37.1 Å². The highest BCUT2D eigenvalue weighted by Gasteiger charge is 2.70. The lowest BCUT2D eigenvalue weighted by Crippen LogP contribution is -2.37. The average molecular weight is 306 g/mol. The van der Waals surface area contributed by atoms with Crippen LogP contribution in [0.15, 0.2) is 48.5 Å². The highest BCUT2D eigenvalue weighted by Crippen LogP contribution is 2.66. The van der Waals surface area contributed by atoms with Crippen LogP contribution in [0.5, 0.6) is 0 Å². The van der Waals surface area contributed by atoms with Gasteiger partial charge in [-0.15, -0.1) is 0 Å². The van der Waals surface area contributed by atoms with Crippen LogP contribution in [0.1, 0.15) is 35.6 Å². The topological polar surface area (TPSA) is 55.1 Å². The smallest absolute Gasteiger partial charge is 0.229 e. The number of amides is 1. The Morgan fingerprint density at radius 3 is 2.65 bits per heavy atom. The maximum absolute atomic E-state index is 12.6. The first-order chi connectivity index (χ1) is 11.1. The Morgan fingerprint density at radius 2 is 1.91 bits per heavy atom. The molecule has 2 aliphatic rings. The van der Waals surface area contributed by atoms with Crippen molar-refractivity contribution in [1.29, 1.82) is 0 Å². The third-order valence-electron chi connectivity index (χ3n) is 5.87. The molecule has 118 valence electrons. The molecule has 1 fully saturated rings. The molecule has 2 aromatic carbocycles. The van der Waals surface area contributed by atoms with Crippen LogP contribution in [0.3, 0.4) is 0 Å². The van der Waals surface area contributed by atoms with Gasteiger partial charge in [-0.2, -0.15) is 0 Å². The Morgan fingerprint density at radius 1 is 1.13 bits per heavy atom. The highest BCUT2D eigenvalue weighted by atomic mass is 16.1. The minimum absolute atomic E-state index is 0.206. The van der Waals surface area contributed by atoms with Crippen molar-refractivity contribution in [3.8, 4) is 0 Å². The fourth-order valence-electron chi connectivity index (χ4n) is 4.44. The van der Waals surface area contributed by atoms with E-state index in [1.165, 1.54) is 16.7 Å². The summed E-state index contributed by atoms with van der Waals surface area (Å²) in [5.41, 5.74) is 10.1. The standard InChI is InChI=1S/C20H22N2O/c1-19(15-7-3-2-4-8-15)13-20(19,18(21)23)17-9-5-6-14-10-11-22-12-16(14)17/h2-9,22H,10-13H2,1H3,(H2,21,23). The van der Waals surface area contributed by atoms with Gasteiger partial charge in [-0.25, -0.2) is 0 Å². The molecule has 2 unspecified atom stereocenters. The summed E-state index contributed by atoms with van der Waals surface area (Å²) in [6.45, 7) is 3.99. The average Bonchev–Trinajstić information content (AvgIpc) is 3.24. The van der Waals surface area contributed by atoms with Crippen LogP contribution in [0.4, 0.5) is 0 Å². The van der Waals surface area contributed by atoms with Gasteiger partial charge in [0.1, 0.15) is 0 Å². The lowest BCUT2D eigenvalue weighted by molar-refractivity contribution is -0.120. The molecule has 2 aromatic rings. The molecule has 3 N–H and O–H groups in total. The van der Waals surface area contributed by atoms with Crippen molar-refractivity contribution in [1.82, 2.24) is 5.32 Å². The molecule has 4 rings (SSSR count). The molecule has 0 saturated heterocycles. The number of nitrogens with two attached hydrogens (primary N) is 1. The molecule has 0 spiro atoms. The van der Waals surface area contributed by atoms with E-state index < -0.39 is 5.41 Å². The summed E-state index contributed by atoms with van der Waals surface area (Å²) in [4.78, 5) is 12.6. The van der Waals surface area contributed by atoms with Crippen LogP contribution < -0.4 is 11.1 Å². The van der Waals surface area contributed by atoms with Crippen LogP contribution in [0.25, 0.3) is 0 Å². The summed E-state index contributed by atoms with van der Waals surface area (Å²) in [6, 6.07) is 16.7. The van der Waals surface area contributed by atoms with Gasteiger partial charge >= 0.3 is 0 Å². The molecule has 1 aliphatic carbocycles. The molecule has 0 bridgehead atoms. The Labute approximate surface area is 136 Å². The van der Waals surface area contributed by atoms with Crippen LogP contribution >= 0.6 is 0 Å². The fourth-order valence-corrected chi connectivity index (χ4v) is 4.44. The number of carbonyl (C=O) groups excluding carboxylic acids is 1. The Balaban J connectivity index is 1.88. The fraction of sp³-hybridized carbons (Fsp3) is 0.350. The molecule has 3 nitrogen and oxygen atoms in total. The van der Waals surface area contributed by atoms with Crippen molar-refractivity contribution >= 4 is 5.91 Å². The first-order valence-electron chi connectivity index (χ1n) is 8.27. The van der Waals surface area contributed by atoms with E-state index >= 15 is 0 Å². The lowest BCUT2D eigenvalue weighted by atomic mass is 9.78. The van der Waals surface area contributed by atoms with E-state index in [2.05, 4.69) is 42.6 Å². The van der Waals surface area contributed by atoms with E-state index in [0.717, 1.165) is 31.5 Å². The van der Waals surface area contributed by atoms with Crippen molar-refractivity contribution in [3.05, 3.63) is 70.8 Å². The van der Waals surface area contributed by atoms with Gasteiger partial charge in [-0.05, 0) is 41.6 Å². The van der Waals surface area contributed by atoms with E-state index in [-0.39, 0.29) is 11.3 Å². The molecule has 1 amide bonds. The van der Waals surface area contributed by atoms with E-state index in [1.54, 1.807) is 0 Å². The predicted octanol–water partition coefficient (Wildman–Crippen LogP) is 2.42. The quantitative estimate of drug-likeness (QED) is 0.915. The number of hydrogen-bond acceptors (Lipinski definition) is 2. The summed E-state index contributed by atoms with van der Waals surface area (Å²) >= 11 is 0. The zero-order chi connectivity index (χ0) is 16.1. The molecule has 1 saturated carbocycles. The number of benzene rings is 2. The van der Waals surface area contributed by atoms with Gasteiger partial charge in [0.25, 0.3) is 0 Å². The number of hydrogen-bond donors (Lipinski definition) is 2. The summed E-state index contributed by atoms with van der Waals surface area (Å²) in [6.07, 6.45) is 1.80. The van der Waals surface area contributed by atoms with Gasteiger partial charge < -0.3 is 11.1 Å². The van der Waals surface area contributed by atoms with Crippen LogP contribution in [-0.2, 0) is 28.6 Å². The number of nitrogens with one attached hydrogen (secondary N) is 1. The second-order valence-corrected chi connectivity index (χ2v) is 7.01. The first kappa shape index (κ1) is 14.5. The molecule has 0 radical (unpaired) electrons. The predicted molar refractivity (Wildman–Crippen MR) is 91.1 cm³/mol. The number of primary amides is 1. The maximum Gasteiger partial charge on any atom is 0.229 e. The highest BCUT2D eigenvalue weighted by molar-refractivity contribution is 5.94. The van der Waals surface area contributed by atoms with E-state index in [0.29, 0.717) is 0 Å². The SMILES string of the molecule is CC1(c2ccccc2)CC1(C(N)=O)c1cccc2c1CNCC2. The summed E-state index contributed by atoms with van der Waals surface area (Å²) < 4.78 is 0. The van der Waals surface area contributed by atoms with Crippen molar-refractivity contribution < 1.29 is 4.79 Å². The van der Waals surface area contributed by atoms with Crippen LogP contribution in [0, 0.1) is 0 Å². The van der Waals surface area contributed by atoms with Crippen molar-refractivity contribution in [2.75, 3.05) is 6.54 Å². The van der Waals surface area contributed by atoms with E-state index in [4.69, 9.17) is 5.73 Å². The maximum atomic E-state index is 12.6. The molecular weight excluding hydrogens is 284 g/mol. The largest absolute Gasteiger partial charge is 0.369 e. The van der Waals surface area contributed by atoms with Gasteiger partial charge in [-0.1, -0.05) is 55.5 Å². The van der Waals surface area contributed by atoms with Gasteiger partial charge in [0.05, 0.1) is 5.41 Å². The molecule has 1 heterocycles. The zero-order valence-corrected chi connectivity index (χ0v) is 13.4. The number of rotatable bonds is 3. The van der Waals surface area contributed by atoms with Gasteiger partial charge in [-0.3, -0.25) is 4.79 Å². The first-order valence-corrected chi connectivity index (χ1v) is 8.27. The third-order valence-corrected chi connectivity index (χ3v) is 5.87. The number of carbonyl (C=O) groups is 1. The van der Waals surface area contributed by atoms with Gasteiger partial charge in [0.15, 0.2) is 0 Å². The number of fused-ring (bicyclic) bond motifs is 1. The van der Waals surface area contributed by atoms with Crippen LogP contribution in [0.2, 0.25) is 0 Å². The monoisotopic (exact) mass is 306 g/mol. The third kappa shape index (κ3) is 1.89. The van der Waals surface area contributed by atoms with Crippen LogP contribution in [-0.4, -0.2) is 12.5 Å². The minimum atomic E-state index is -0.585. The molecular formula is C20H22N2O. The summed E-state index contributed by atoms with van der Waals surface area (Å²) in [5, 5.41) is 3.44. The zero-order valence-electron chi connectivity index (χ0n) is 13.4. The molecule has 2 atom stereocenters. The molecule has 0 aromatic heterocycles. The second kappa shape index (κ2) is 4.93. The molecule has 23 heavy (non-hydrogen) atoms. The van der Waals surface area contributed by atoms with Gasteiger partial charge in [0, 0.05) is 12.0 Å². The lowest BCUT2D eigenvalue weighted by Gasteiger charge is -2.27. The Bertz CT molecular complexity index is 770. The Kier molecular flexibility index (Phi) is 3.10. The minimum Gasteiger partial charge on any atom is -0.369 e. The van der Waals surface area contributed by atoms with Crippen molar-refractivity contribution in [2.24, 2.45) is 5.73 Å². The van der Waals surface area contributed by atoms with E-state index in [1.807, 2.05) is 18.2 Å². The Hall–Kier alpha value is -2.13. The van der Waals surface area contributed by atoms with Crippen molar-refractivity contribution in [3.63, 3.8) is 0 Å². The summed E-state index contributed by atoms with van der Waals surface area (Å²) in [7, 11) is 0. The normalized spacial score (nSPS) is 28.9. The second-order valence-electron chi connectivity index (χ2n) is 7.01. The molecule has 3 heteroatoms. The molecule has 1 aliphatic heterocycles. The van der Waals surface area contributed by atoms with E-state index in [9.17, 15) is 4.79 Å².